The summed E-state index contributed by atoms with van der Waals surface area (Å²) in [7, 11) is 0. The van der Waals surface area contributed by atoms with E-state index < -0.39 is 0 Å². The van der Waals surface area contributed by atoms with Gasteiger partial charge in [-0.05, 0) is 49.2 Å². The first kappa shape index (κ1) is 15.6. The molecule has 1 atom stereocenters. The molecule has 5 heteroatoms. The van der Waals surface area contributed by atoms with Crippen LogP contribution < -0.4 is 5.32 Å². The summed E-state index contributed by atoms with van der Waals surface area (Å²) in [6, 6.07) is 10.6. The van der Waals surface area contributed by atoms with Crippen molar-refractivity contribution in [3.8, 4) is 0 Å². The molecule has 118 valence electrons. The van der Waals surface area contributed by atoms with Crippen molar-refractivity contribution in [2.75, 3.05) is 0 Å². The molecule has 1 unspecified atom stereocenters. The lowest BCUT2D eigenvalue weighted by molar-refractivity contribution is 0.0943. The van der Waals surface area contributed by atoms with Crippen molar-refractivity contribution in [1.82, 2.24) is 5.32 Å². The molecule has 0 aliphatic heterocycles. The van der Waals surface area contributed by atoms with Crippen molar-refractivity contribution >= 4 is 27.3 Å². The highest BCUT2D eigenvalue weighted by Crippen LogP contribution is 2.32. The molecule has 2 nitrogen and oxygen atoms in total. The summed E-state index contributed by atoms with van der Waals surface area (Å²) in [6.07, 6.45) is 0. The molecule has 1 N–H and O–H groups in total. The van der Waals surface area contributed by atoms with Gasteiger partial charge in [-0.15, -0.1) is 11.3 Å². The maximum atomic E-state index is 13.9. The maximum Gasteiger partial charge on any atom is 0.262 e. The molecule has 0 aliphatic carbocycles. The van der Waals surface area contributed by atoms with E-state index in [2.05, 4.69) is 5.32 Å². The monoisotopic (exact) mass is 331 g/mol. The second kappa shape index (κ2) is 6.08. The lowest BCUT2D eigenvalue weighted by Crippen LogP contribution is -2.26. The highest BCUT2D eigenvalue weighted by molar-refractivity contribution is 7.21. The number of aryl methyl sites for hydroxylation is 1. The number of nitrogens with one attached hydrogen (secondary N) is 1. The summed E-state index contributed by atoms with van der Waals surface area (Å²) in [4.78, 5) is 13.0. The zero-order chi connectivity index (χ0) is 16.6. The molecule has 3 aromatic rings. The third-order valence-corrected chi connectivity index (χ3v) is 5.06. The van der Waals surface area contributed by atoms with Gasteiger partial charge in [0, 0.05) is 10.1 Å². The fourth-order valence-corrected chi connectivity index (χ4v) is 3.72. The first-order chi connectivity index (χ1) is 11.0. The van der Waals surface area contributed by atoms with Gasteiger partial charge in [-0.25, -0.2) is 8.78 Å². The molecule has 23 heavy (non-hydrogen) atoms. The van der Waals surface area contributed by atoms with E-state index in [1.165, 1.54) is 29.5 Å². The van der Waals surface area contributed by atoms with Gasteiger partial charge in [0.1, 0.15) is 11.6 Å². The highest BCUT2D eigenvalue weighted by Gasteiger charge is 2.19. The molecule has 0 saturated heterocycles. The van der Waals surface area contributed by atoms with Crippen molar-refractivity contribution in [1.29, 1.82) is 0 Å². The predicted octanol–water partition coefficient (Wildman–Crippen LogP) is 4.98. The van der Waals surface area contributed by atoms with Crippen LogP contribution in [0.2, 0.25) is 0 Å². The molecule has 0 aliphatic rings. The van der Waals surface area contributed by atoms with Gasteiger partial charge in [0.05, 0.1) is 10.9 Å². The number of carbonyl (C=O) groups is 1. The summed E-state index contributed by atoms with van der Waals surface area (Å²) >= 11 is 1.26. The van der Waals surface area contributed by atoms with E-state index in [4.69, 9.17) is 0 Å². The minimum Gasteiger partial charge on any atom is -0.345 e. The van der Waals surface area contributed by atoms with Crippen LogP contribution in [0.3, 0.4) is 0 Å². The molecular weight excluding hydrogens is 316 g/mol. The molecular formula is C18H15F2NOS. The topological polar surface area (TPSA) is 29.1 Å². The van der Waals surface area contributed by atoms with Crippen molar-refractivity contribution in [3.05, 3.63) is 70.1 Å². The van der Waals surface area contributed by atoms with E-state index >= 15 is 0 Å². The number of benzene rings is 2. The van der Waals surface area contributed by atoms with E-state index in [1.54, 1.807) is 38.1 Å². The molecule has 0 bridgehead atoms. The number of hydrogen-bond acceptors (Lipinski definition) is 2. The Balaban J connectivity index is 1.89. The van der Waals surface area contributed by atoms with E-state index in [0.29, 0.717) is 21.4 Å². The maximum absolute atomic E-state index is 13.9. The van der Waals surface area contributed by atoms with Crippen LogP contribution >= 0.6 is 11.3 Å². The zero-order valence-electron chi connectivity index (χ0n) is 12.7. The normalized spacial score (nSPS) is 12.3. The molecule has 0 fully saturated rings. The minimum absolute atomic E-state index is 0.278. The van der Waals surface area contributed by atoms with Crippen molar-refractivity contribution in [2.24, 2.45) is 0 Å². The van der Waals surface area contributed by atoms with Crippen LogP contribution in [-0.4, -0.2) is 5.91 Å². The van der Waals surface area contributed by atoms with Gasteiger partial charge in [-0.2, -0.15) is 0 Å². The number of hydrogen-bond donors (Lipinski definition) is 1. The van der Waals surface area contributed by atoms with Gasteiger partial charge in [-0.3, -0.25) is 4.79 Å². The fraction of sp³-hybridized carbons (Fsp3) is 0.167. The van der Waals surface area contributed by atoms with Gasteiger partial charge in [0.2, 0.25) is 0 Å². The van der Waals surface area contributed by atoms with E-state index in [0.717, 1.165) is 4.70 Å². The second-order valence-electron chi connectivity index (χ2n) is 5.42. The number of carbonyl (C=O) groups excluding carboxylic acids is 1. The first-order valence-electron chi connectivity index (χ1n) is 7.21. The van der Waals surface area contributed by atoms with Gasteiger partial charge in [0.15, 0.2) is 0 Å². The molecule has 0 saturated carbocycles. The molecule has 1 heterocycles. The third kappa shape index (κ3) is 2.97. The Hall–Kier alpha value is -2.27. The SMILES string of the molecule is Cc1c(C(=O)NC(C)c2cccc(F)c2)sc2cccc(F)c12. The van der Waals surface area contributed by atoms with Gasteiger partial charge >= 0.3 is 0 Å². The number of amides is 1. The van der Waals surface area contributed by atoms with Crippen LogP contribution in [0.5, 0.6) is 0 Å². The Labute approximate surface area is 136 Å². The van der Waals surface area contributed by atoms with Gasteiger partial charge < -0.3 is 5.32 Å². The summed E-state index contributed by atoms with van der Waals surface area (Å²) in [5, 5.41) is 3.33. The Morgan fingerprint density at radius 1 is 1.17 bits per heavy atom. The van der Waals surface area contributed by atoms with Crippen molar-refractivity contribution in [2.45, 2.75) is 19.9 Å². The second-order valence-corrected chi connectivity index (χ2v) is 6.47. The van der Waals surface area contributed by atoms with Crippen LogP contribution in [0.15, 0.2) is 42.5 Å². The van der Waals surface area contributed by atoms with E-state index in [-0.39, 0.29) is 23.6 Å². The third-order valence-electron chi connectivity index (χ3n) is 3.81. The average Bonchev–Trinajstić information content (AvgIpc) is 2.85. The minimum atomic E-state index is -0.344. The molecule has 3 rings (SSSR count). The molecule has 1 aromatic heterocycles. The van der Waals surface area contributed by atoms with Crippen LogP contribution in [0.1, 0.15) is 33.8 Å². The number of rotatable bonds is 3. The smallest absolute Gasteiger partial charge is 0.262 e. The first-order valence-corrected chi connectivity index (χ1v) is 8.03. The Morgan fingerprint density at radius 3 is 2.61 bits per heavy atom. The van der Waals surface area contributed by atoms with Crippen molar-refractivity contribution < 1.29 is 13.6 Å². The molecule has 1 amide bonds. The summed E-state index contributed by atoms with van der Waals surface area (Å²) in [6.45, 7) is 3.53. The van der Waals surface area contributed by atoms with E-state index in [9.17, 15) is 13.6 Å². The number of halogens is 2. The Kier molecular flexibility index (Phi) is 4.13. The fourth-order valence-electron chi connectivity index (χ4n) is 2.59. The zero-order valence-corrected chi connectivity index (χ0v) is 13.5. The largest absolute Gasteiger partial charge is 0.345 e. The average molecular weight is 331 g/mol. The van der Waals surface area contributed by atoms with Gasteiger partial charge in [-0.1, -0.05) is 18.2 Å². The molecule has 0 radical (unpaired) electrons. The van der Waals surface area contributed by atoms with Gasteiger partial charge in [0.25, 0.3) is 5.91 Å². The predicted molar refractivity (Wildman–Crippen MR) is 88.8 cm³/mol. The van der Waals surface area contributed by atoms with Crippen molar-refractivity contribution in [3.63, 3.8) is 0 Å². The lowest BCUT2D eigenvalue weighted by Gasteiger charge is -2.14. The van der Waals surface area contributed by atoms with Crippen LogP contribution in [0.4, 0.5) is 8.78 Å². The summed E-state index contributed by atoms with van der Waals surface area (Å²) < 4.78 is 28.0. The number of fused-ring (bicyclic) bond motifs is 1. The quantitative estimate of drug-likeness (QED) is 0.720. The summed E-state index contributed by atoms with van der Waals surface area (Å²) in [5.41, 5.74) is 1.32. The van der Waals surface area contributed by atoms with E-state index in [1.807, 2.05) is 0 Å². The van der Waals surface area contributed by atoms with Crippen LogP contribution in [0, 0.1) is 18.6 Å². The van der Waals surface area contributed by atoms with Crippen LogP contribution in [0.25, 0.3) is 10.1 Å². The number of thiophene rings is 1. The molecule has 0 spiro atoms. The Bertz CT molecular complexity index is 888. The molecule has 2 aromatic carbocycles. The summed E-state index contributed by atoms with van der Waals surface area (Å²) in [5.74, 6) is -0.947. The lowest BCUT2D eigenvalue weighted by atomic mass is 10.1. The van der Waals surface area contributed by atoms with Crippen LogP contribution in [-0.2, 0) is 0 Å². The highest BCUT2D eigenvalue weighted by atomic mass is 32.1. The standard InChI is InChI=1S/C18H15F2NOS/c1-10-16-14(20)7-4-8-15(16)23-17(10)18(22)21-11(2)12-5-3-6-13(19)9-12/h3-9,11H,1-2H3,(H,21,22). The Morgan fingerprint density at radius 2 is 1.91 bits per heavy atom.